The molecule has 8 heteroatoms. The predicted molar refractivity (Wildman–Crippen MR) is 132 cm³/mol. The van der Waals surface area contributed by atoms with Crippen LogP contribution in [0, 0.1) is 13.8 Å². The van der Waals surface area contributed by atoms with Crippen molar-refractivity contribution in [3.8, 4) is 23.1 Å². The maximum Gasteiger partial charge on any atom is 0.283 e. The van der Waals surface area contributed by atoms with Crippen molar-refractivity contribution in [1.29, 1.82) is 0 Å². The number of ether oxygens (including phenoxy) is 2. The number of piperidine rings is 1. The smallest absolute Gasteiger partial charge is 0.283 e. The molecule has 8 nitrogen and oxygen atoms in total. The number of aryl methyl sites for hydroxylation is 2. The van der Waals surface area contributed by atoms with Gasteiger partial charge in [0, 0.05) is 19.5 Å². The molecule has 1 fully saturated rings. The number of likely N-dealkylation sites (tertiary alicyclic amines) is 1. The molecular formula is C27H31N3O5. The van der Waals surface area contributed by atoms with Crippen LogP contribution >= 0.6 is 0 Å². The molecule has 1 unspecified atom stereocenters. The number of nitrogens with zero attached hydrogens (tertiary/aromatic N) is 3. The summed E-state index contributed by atoms with van der Waals surface area (Å²) < 4.78 is 22.7. The average Bonchev–Trinajstić information content (AvgIpc) is 3.49. The third kappa shape index (κ3) is 5.18. The van der Waals surface area contributed by atoms with Crippen molar-refractivity contribution < 1.29 is 23.4 Å². The number of hydrogen-bond acceptors (Lipinski definition) is 8. The zero-order valence-electron chi connectivity index (χ0n) is 20.4. The van der Waals surface area contributed by atoms with Gasteiger partial charge < -0.3 is 28.3 Å². The van der Waals surface area contributed by atoms with E-state index in [4.69, 9.17) is 18.3 Å². The third-order valence-electron chi connectivity index (χ3n) is 6.64. The van der Waals surface area contributed by atoms with Crippen molar-refractivity contribution in [2.24, 2.45) is 0 Å². The normalized spacial score (nSPS) is 16.0. The van der Waals surface area contributed by atoms with Gasteiger partial charge >= 0.3 is 0 Å². The molecule has 0 bridgehead atoms. The molecule has 4 aromatic rings. The molecule has 0 saturated carbocycles. The molecule has 1 N–H and O–H groups in total. The fourth-order valence-corrected chi connectivity index (χ4v) is 4.80. The van der Waals surface area contributed by atoms with Gasteiger partial charge in [0.2, 0.25) is 5.89 Å². The van der Waals surface area contributed by atoms with Crippen LogP contribution in [0.4, 0.5) is 0 Å². The quantitative estimate of drug-likeness (QED) is 0.389. The number of methoxy groups -OCH3 is 1. The fourth-order valence-electron chi connectivity index (χ4n) is 4.80. The highest BCUT2D eigenvalue weighted by molar-refractivity contribution is 5.87. The molecule has 2 aromatic heterocycles. The van der Waals surface area contributed by atoms with Gasteiger partial charge in [0.05, 0.1) is 12.5 Å². The Morgan fingerprint density at radius 3 is 2.60 bits per heavy atom. The van der Waals surface area contributed by atoms with E-state index in [0.717, 1.165) is 37.1 Å². The average molecular weight is 478 g/mol. The summed E-state index contributed by atoms with van der Waals surface area (Å²) in [6.07, 6.45) is 1.56. The largest absolute Gasteiger partial charge is 0.496 e. The highest BCUT2D eigenvalue weighted by atomic mass is 16.5. The van der Waals surface area contributed by atoms with Crippen molar-refractivity contribution in [1.82, 2.24) is 15.1 Å². The first-order valence-electron chi connectivity index (χ1n) is 12.0. The van der Waals surface area contributed by atoms with Gasteiger partial charge in [0.1, 0.15) is 29.8 Å². The Bertz CT molecular complexity index is 1290. The number of fused-ring (bicyclic) bond motifs is 1. The van der Waals surface area contributed by atoms with Crippen LogP contribution < -0.4 is 9.47 Å². The summed E-state index contributed by atoms with van der Waals surface area (Å²) in [5, 5.41) is 19.3. The molecule has 1 aliphatic heterocycles. The number of aliphatic hydroxyl groups is 1. The Morgan fingerprint density at radius 1 is 1.06 bits per heavy atom. The predicted octanol–water partition coefficient (Wildman–Crippen LogP) is 4.73. The van der Waals surface area contributed by atoms with Gasteiger partial charge in [-0.1, -0.05) is 18.2 Å². The van der Waals surface area contributed by atoms with E-state index < -0.39 is 6.10 Å². The summed E-state index contributed by atoms with van der Waals surface area (Å²) >= 11 is 0. The molecule has 1 atom stereocenters. The van der Waals surface area contributed by atoms with Crippen molar-refractivity contribution in [3.05, 3.63) is 59.5 Å². The molecule has 184 valence electrons. The van der Waals surface area contributed by atoms with Gasteiger partial charge in [-0.3, -0.25) is 0 Å². The van der Waals surface area contributed by atoms with E-state index in [1.165, 1.54) is 11.1 Å². The van der Waals surface area contributed by atoms with Crippen LogP contribution in [-0.4, -0.2) is 59.7 Å². The molecule has 35 heavy (non-hydrogen) atoms. The third-order valence-corrected chi connectivity index (χ3v) is 6.64. The number of aliphatic hydroxyl groups excluding tert-OH is 1. The maximum atomic E-state index is 10.7. The Morgan fingerprint density at radius 2 is 1.89 bits per heavy atom. The first-order chi connectivity index (χ1) is 17.0. The van der Waals surface area contributed by atoms with Crippen LogP contribution in [0.3, 0.4) is 0 Å². The lowest BCUT2D eigenvalue weighted by Gasteiger charge is -2.33. The van der Waals surface area contributed by atoms with Gasteiger partial charge in [-0.15, -0.1) is 10.2 Å². The molecule has 0 amide bonds. The van der Waals surface area contributed by atoms with Crippen molar-refractivity contribution >= 4 is 11.0 Å². The van der Waals surface area contributed by atoms with Crippen LogP contribution in [0.15, 0.2) is 51.3 Å². The van der Waals surface area contributed by atoms with E-state index >= 15 is 0 Å². The van der Waals surface area contributed by atoms with E-state index in [1.807, 2.05) is 24.3 Å². The first kappa shape index (κ1) is 23.4. The molecule has 1 aliphatic rings. The Kier molecular flexibility index (Phi) is 6.74. The van der Waals surface area contributed by atoms with Gasteiger partial charge in [0.25, 0.3) is 5.89 Å². The number of rotatable bonds is 8. The van der Waals surface area contributed by atoms with Crippen LogP contribution in [0.2, 0.25) is 0 Å². The molecule has 5 rings (SSSR count). The molecule has 0 aliphatic carbocycles. The van der Waals surface area contributed by atoms with Gasteiger partial charge in [-0.2, -0.15) is 0 Å². The van der Waals surface area contributed by atoms with Crippen LogP contribution in [0.1, 0.15) is 35.8 Å². The molecule has 1 saturated heterocycles. The van der Waals surface area contributed by atoms with E-state index in [2.05, 4.69) is 40.2 Å². The first-order valence-corrected chi connectivity index (χ1v) is 12.0. The molecule has 0 spiro atoms. The number of benzene rings is 2. The van der Waals surface area contributed by atoms with Gasteiger partial charge in [0.15, 0.2) is 5.76 Å². The van der Waals surface area contributed by atoms with E-state index in [-0.39, 0.29) is 6.61 Å². The second kappa shape index (κ2) is 10.1. The number of aromatic nitrogens is 2. The highest BCUT2D eigenvalue weighted by Crippen LogP contribution is 2.34. The molecule has 3 heterocycles. The topological polar surface area (TPSA) is 94.0 Å². The summed E-state index contributed by atoms with van der Waals surface area (Å²) in [6, 6.07) is 13.9. The van der Waals surface area contributed by atoms with Crippen LogP contribution in [0.5, 0.6) is 11.5 Å². The maximum absolute atomic E-state index is 10.7. The van der Waals surface area contributed by atoms with Crippen molar-refractivity contribution in [2.45, 2.75) is 38.7 Å². The second-order valence-electron chi connectivity index (χ2n) is 9.17. The standard InChI is InChI=1S/C27H31N3O5/c1-17-13-20(7-8-23(17)32-3)19-9-11-30(12-10-19)15-21(31)16-33-24-5-4-6-25-22(24)14-26(35-25)27-29-28-18(2)34-27/h4-8,13-14,19,21,31H,9-12,15-16H2,1-3H3. The summed E-state index contributed by atoms with van der Waals surface area (Å²) in [4.78, 5) is 2.31. The highest BCUT2D eigenvalue weighted by Gasteiger charge is 2.23. The van der Waals surface area contributed by atoms with Crippen LogP contribution in [-0.2, 0) is 0 Å². The zero-order valence-corrected chi connectivity index (χ0v) is 20.4. The summed E-state index contributed by atoms with van der Waals surface area (Å²) in [7, 11) is 1.71. The molecular weight excluding hydrogens is 446 g/mol. The molecule has 2 aromatic carbocycles. The van der Waals surface area contributed by atoms with E-state index in [9.17, 15) is 5.11 Å². The lowest BCUT2D eigenvalue weighted by Crippen LogP contribution is -2.40. The second-order valence-corrected chi connectivity index (χ2v) is 9.17. The molecule has 0 radical (unpaired) electrons. The number of furan rings is 1. The number of β-amino-alcohol motifs (C(OH)–C–C–N with tert-alkyl or cyclic N) is 1. The minimum absolute atomic E-state index is 0.205. The minimum atomic E-state index is -0.588. The lowest BCUT2D eigenvalue weighted by atomic mass is 9.88. The minimum Gasteiger partial charge on any atom is -0.496 e. The van der Waals surface area contributed by atoms with E-state index in [1.54, 1.807) is 14.0 Å². The van der Waals surface area contributed by atoms with Crippen LogP contribution in [0.25, 0.3) is 22.6 Å². The SMILES string of the molecule is COc1ccc(C2CCN(CC(O)COc3cccc4oc(-c5nnc(C)o5)cc34)CC2)cc1C. The number of hydrogen-bond donors (Lipinski definition) is 1. The van der Waals surface area contributed by atoms with Crippen molar-refractivity contribution in [2.75, 3.05) is 33.4 Å². The summed E-state index contributed by atoms with van der Waals surface area (Å²) in [5.74, 6) is 3.43. The Hall–Kier alpha value is -3.36. The monoisotopic (exact) mass is 477 g/mol. The Balaban J connectivity index is 1.15. The summed E-state index contributed by atoms with van der Waals surface area (Å²) in [5.41, 5.74) is 3.21. The van der Waals surface area contributed by atoms with Gasteiger partial charge in [-0.05, 0) is 68.1 Å². The fraction of sp³-hybridized carbons (Fsp3) is 0.407. The zero-order chi connectivity index (χ0) is 24.4. The van der Waals surface area contributed by atoms with E-state index in [0.29, 0.717) is 41.3 Å². The summed E-state index contributed by atoms with van der Waals surface area (Å²) in [6.45, 7) is 6.52. The van der Waals surface area contributed by atoms with Gasteiger partial charge in [-0.25, -0.2) is 0 Å². The Labute approximate surface area is 204 Å². The lowest BCUT2D eigenvalue weighted by molar-refractivity contribution is 0.0599. The van der Waals surface area contributed by atoms with Crippen molar-refractivity contribution in [3.63, 3.8) is 0 Å².